The van der Waals surface area contributed by atoms with Crippen molar-refractivity contribution in [1.29, 1.82) is 0 Å². The van der Waals surface area contributed by atoms with Crippen LogP contribution in [0.1, 0.15) is 225 Å². The van der Waals surface area contributed by atoms with E-state index in [2.05, 4.69) is 43.5 Å². The first-order valence-corrected chi connectivity index (χ1v) is 21.2. The molecule has 1 aromatic rings. The molecule has 2 amide bonds. The lowest BCUT2D eigenvalue weighted by Crippen LogP contribution is -2.36. The fourth-order valence-corrected chi connectivity index (χ4v) is 6.35. The summed E-state index contributed by atoms with van der Waals surface area (Å²) >= 11 is 0. The Labute approximate surface area is 296 Å². The average Bonchev–Trinajstić information content (AvgIpc) is 3.08. The third-order valence-electron chi connectivity index (χ3n) is 9.57. The van der Waals surface area contributed by atoms with Gasteiger partial charge in [-0.25, -0.2) is 4.79 Å². The number of hydrogen-bond donors (Lipinski definition) is 2. The molecule has 0 atom stereocenters. The minimum absolute atomic E-state index is 0.0296. The minimum atomic E-state index is 0.0296. The van der Waals surface area contributed by atoms with Crippen molar-refractivity contribution < 1.29 is 4.79 Å². The molecule has 0 aromatic heterocycles. The first-order chi connectivity index (χ1) is 23.2. The second-order valence-electron chi connectivity index (χ2n) is 14.4. The lowest BCUT2D eigenvalue weighted by atomic mass is 10.0. The van der Waals surface area contributed by atoms with Gasteiger partial charge < -0.3 is 10.6 Å². The SMILES string of the molecule is CCCCCCCCCCCCCCCCCCNC(=O)NCCCCCCCCCCCCCCCCCC.Cc1ccccc1. The quantitative estimate of drug-likeness (QED) is 0.0712. The highest BCUT2D eigenvalue weighted by atomic mass is 16.2. The summed E-state index contributed by atoms with van der Waals surface area (Å²) in [6.45, 7) is 8.31. The third kappa shape index (κ3) is 40.6. The lowest BCUT2D eigenvalue weighted by molar-refractivity contribution is 0.240. The molecule has 276 valence electrons. The molecule has 1 aromatic carbocycles. The Bertz CT molecular complexity index is 666. The second-order valence-corrected chi connectivity index (χ2v) is 14.4. The van der Waals surface area contributed by atoms with Crippen LogP contribution in [0.3, 0.4) is 0 Å². The highest BCUT2D eigenvalue weighted by molar-refractivity contribution is 5.73. The fraction of sp³-hybridized carbons (Fsp3) is 0.841. The molecule has 0 fully saturated rings. The number of nitrogens with one attached hydrogen (secondary N) is 2. The normalized spacial score (nSPS) is 10.9. The van der Waals surface area contributed by atoms with Crippen molar-refractivity contribution in [3.63, 3.8) is 0 Å². The summed E-state index contributed by atoms with van der Waals surface area (Å²) < 4.78 is 0. The molecule has 0 spiro atoms. The number of unbranched alkanes of at least 4 members (excludes halogenated alkanes) is 30. The van der Waals surface area contributed by atoms with E-state index in [1.807, 2.05) is 18.2 Å². The van der Waals surface area contributed by atoms with Crippen LogP contribution in [0.2, 0.25) is 0 Å². The molecule has 0 heterocycles. The van der Waals surface area contributed by atoms with Gasteiger partial charge in [0.05, 0.1) is 0 Å². The molecular weight excluding hydrogens is 572 g/mol. The van der Waals surface area contributed by atoms with Crippen LogP contribution in [0.25, 0.3) is 0 Å². The van der Waals surface area contributed by atoms with Gasteiger partial charge in [-0.1, -0.05) is 242 Å². The molecular formula is C44H84N2O. The van der Waals surface area contributed by atoms with Gasteiger partial charge in [-0.15, -0.1) is 0 Å². The minimum Gasteiger partial charge on any atom is -0.338 e. The van der Waals surface area contributed by atoms with E-state index < -0.39 is 0 Å². The molecule has 0 bridgehead atoms. The zero-order chi connectivity index (χ0) is 34.1. The highest BCUT2D eigenvalue weighted by Gasteiger charge is 2.00. The van der Waals surface area contributed by atoms with E-state index in [0.717, 1.165) is 25.9 Å². The van der Waals surface area contributed by atoms with E-state index in [1.165, 1.54) is 198 Å². The Morgan fingerprint density at radius 3 is 0.830 bits per heavy atom. The molecule has 0 aliphatic heterocycles. The molecule has 0 unspecified atom stereocenters. The van der Waals surface area contributed by atoms with Crippen molar-refractivity contribution in [2.24, 2.45) is 0 Å². The van der Waals surface area contributed by atoms with E-state index in [4.69, 9.17) is 0 Å². The molecule has 0 saturated heterocycles. The summed E-state index contributed by atoms with van der Waals surface area (Å²) in [6, 6.07) is 10.3. The summed E-state index contributed by atoms with van der Waals surface area (Å²) in [4.78, 5) is 11.9. The van der Waals surface area contributed by atoms with E-state index in [0.29, 0.717) is 0 Å². The molecule has 1 rings (SSSR count). The number of carbonyl (C=O) groups is 1. The summed E-state index contributed by atoms with van der Waals surface area (Å²) in [5, 5.41) is 6.07. The van der Waals surface area contributed by atoms with Gasteiger partial charge in [0.25, 0.3) is 0 Å². The van der Waals surface area contributed by atoms with Crippen LogP contribution >= 0.6 is 0 Å². The maximum absolute atomic E-state index is 11.9. The van der Waals surface area contributed by atoms with Crippen LogP contribution in [0.5, 0.6) is 0 Å². The summed E-state index contributed by atoms with van der Waals surface area (Å²) in [6.07, 6.45) is 44.4. The summed E-state index contributed by atoms with van der Waals surface area (Å²) in [5.41, 5.74) is 1.32. The lowest BCUT2D eigenvalue weighted by Gasteiger charge is -2.08. The number of aryl methyl sites for hydroxylation is 1. The van der Waals surface area contributed by atoms with Crippen molar-refractivity contribution >= 4 is 6.03 Å². The van der Waals surface area contributed by atoms with Crippen LogP contribution in [-0.2, 0) is 0 Å². The van der Waals surface area contributed by atoms with E-state index in [9.17, 15) is 4.79 Å². The number of rotatable bonds is 34. The molecule has 2 N–H and O–H groups in total. The molecule has 47 heavy (non-hydrogen) atoms. The smallest absolute Gasteiger partial charge is 0.314 e. The second kappa shape index (κ2) is 40.7. The third-order valence-corrected chi connectivity index (χ3v) is 9.57. The van der Waals surface area contributed by atoms with Crippen molar-refractivity contribution in [3.05, 3.63) is 35.9 Å². The Balaban J connectivity index is 0.00000264. The molecule has 0 aliphatic rings. The number of benzene rings is 1. The number of carbonyl (C=O) groups excluding carboxylic acids is 1. The van der Waals surface area contributed by atoms with Gasteiger partial charge in [0, 0.05) is 13.1 Å². The van der Waals surface area contributed by atoms with Crippen molar-refractivity contribution in [3.8, 4) is 0 Å². The largest absolute Gasteiger partial charge is 0.338 e. The Kier molecular flexibility index (Phi) is 39.4. The molecule has 3 nitrogen and oxygen atoms in total. The van der Waals surface area contributed by atoms with Gasteiger partial charge in [0.2, 0.25) is 0 Å². The molecule has 0 aliphatic carbocycles. The average molecular weight is 657 g/mol. The molecule has 3 heteroatoms. The van der Waals surface area contributed by atoms with Gasteiger partial charge >= 0.3 is 6.03 Å². The highest BCUT2D eigenvalue weighted by Crippen LogP contribution is 2.15. The van der Waals surface area contributed by atoms with E-state index in [-0.39, 0.29) is 6.03 Å². The summed E-state index contributed by atoms with van der Waals surface area (Å²) in [5.74, 6) is 0. The zero-order valence-corrected chi connectivity index (χ0v) is 32.3. The standard InChI is InChI=1S/C37H76N2O.C7H8/c1-3-5-7-9-11-13-15-17-19-21-23-25-27-29-31-33-35-38-37(40)39-36-34-32-30-28-26-24-22-20-18-16-14-12-10-8-6-4-2;1-7-5-3-2-4-6-7/h3-36H2,1-2H3,(H2,38,39,40);2-6H,1H3. The Morgan fingerprint density at radius 2 is 0.617 bits per heavy atom. The van der Waals surface area contributed by atoms with Gasteiger partial charge in [-0.05, 0) is 19.8 Å². The van der Waals surface area contributed by atoms with E-state index >= 15 is 0 Å². The van der Waals surface area contributed by atoms with Gasteiger partial charge in [-0.3, -0.25) is 0 Å². The first-order valence-electron chi connectivity index (χ1n) is 21.2. The maximum Gasteiger partial charge on any atom is 0.314 e. The Morgan fingerprint density at radius 1 is 0.383 bits per heavy atom. The first kappa shape index (κ1) is 45.5. The van der Waals surface area contributed by atoms with Crippen LogP contribution in [0.4, 0.5) is 4.79 Å². The van der Waals surface area contributed by atoms with Gasteiger partial charge in [0.1, 0.15) is 0 Å². The van der Waals surface area contributed by atoms with Crippen LogP contribution in [-0.4, -0.2) is 19.1 Å². The fourth-order valence-electron chi connectivity index (χ4n) is 6.35. The number of hydrogen-bond acceptors (Lipinski definition) is 1. The maximum atomic E-state index is 11.9. The van der Waals surface area contributed by atoms with Crippen LogP contribution in [0, 0.1) is 6.92 Å². The summed E-state index contributed by atoms with van der Waals surface area (Å²) in [7, 11) is 0. The Hall–Kier alpha value is -1.51. The van der Waals surface area contributed by atoms with Crippen LogP contribution < -0.4 is 10.6 Å². The number of amides is 2. The molecule has 0 radical (unpaired) electrons. The van der Waals surface area contributed by atoms with Crippen LogP contribution in [0.15, 0.2) is 30.3 Å². The predicted octanol–water partition coefficient (Wildman–Crippen LogP) is 14.8. The zero-order valence-electron chi connectivity index (χ0n) is 32.3. The van der Waals surface area contributed by atoms with E-state index in [1.54, 1.807) is 0 Å². The van der Waals surface area contributed by atoms with Crippen molar-refractivity contribution in [2.75, 3.05) is 13.1 Å². The number of urea groups is 1. The van der Waals surface area contributed by atoms with Crippen molar-refractivity contribution in [1.82, 2.24) is 10.6 Å². The predicted molar refractivity (Wildman–Crippen MR) is 212 cm³/mol. The topological polar surface area (TPSA) is 41.1 Å². The molecule has 0 saturated carbocycles. The van der Waals surface area contributed by atoms with Gasteiger partial charge in [0.15, 0.2) is 0 Å². The van der Waals surface area contributed by atoms with Crippen molar-refractivity contribution in [2.45, 2.75) is 226 Å². The van der Waals surface area contributed by atoms with Gasteiger partial charge in [-0.2, -0.15) is 0 Å². The monoisotopic (exact) mass is 657 g/mol.